The van der Waals surface area contributed by atoms with E-state index in [1.165, 1.54) is 11.1 Å². The van der Waals surface area contributed by atoms with Gasteiger partial charge in [0.15, 0.2) is 0 Å². The average molecular weight is 347 g/mol. The van der Waals surface area contributed by atoms with Gasteiger partial charge in [-0.05, 0) is 36.5 Å². The van der Waals surface area contributed by atoms with Crippen molar-refractivity contribution in [3.63, 3.8) is 0 Å². The van der Waals surface area contributed by atoms with Gasteiger partial charge in [0.1, 0.15) is 5.75 Å². The van der Waals surface area contributed by atoms with Crippen LogP contribution in [0.2, 0.25) is 0 Å². The molecular formula is C17H19BrN2O. The Labute approximate surface area is 133 Å². The molecule has 0 fully saturated rings. The number of hydrogen-bond acceptors (Lipinski definition) is 3. The summed E-state index contributed by atoms with van der Waals surface area (Å²) in [6.07, 6.45) is 2.98. The van der Waals surface area contributed by atoms with Crippen molar-refractivity contribution in [1.29, 1.82) is 0 Å². The molecule has 0 saturated carbocycles. The fourth-order valence-corrected chi connectivity index (χ4v) is 3.28. The standard InChI is InChI=1S/C17H19BrN2O/c18-15-9-2-1-5-13(15)11-16(20-19)14-8-3-6-12-7-4-10-21-17(12)14/h1-3,5-6,8-9,16,20H,4,7,10-11,19H2. The Morgan fingerprint density at radius 1 is 1.19 bits per heavy atom. The molecule has 2 aromatic rings. The predicted octanol–water partition coefficient (Wildman–Crippen LogP) is 3.52. The molecule has 1 aliphatic rings. The number of rotatable bonds is 4. The number of aryl methyl sites for hydroxylation is 1. The zero-order chi connectivity index (χ0) is 14.7. The average Bonchev–Trinajstić information content (AvgIpc) is 2.54. The number of nitrogens with two attached hydrogens (primary N) is 1. The fourth-order valence-electron chi connectivity index (χ4n) is 2.83. The topological polar surface area (TPSA) is 47.3 Å². The highest BCUT2D eigenvalue weighted by Gasteiger charge is 2.21. The first-order valence-electron chi connectivity index (χ1n) is 7.23. The van der Waals surface area contributed by atoms with Crippen molar-refractivity contribution in [1.82, 2.24) is 5.43 Å². The molecule has 0 radical (unpaired) electrons. The van der Waals surface area contributed by atoms with Gasteiger partial charge in [0.2, 0.25) is 0 Å². The molecule has 1 aliphatic heterocycles. The first-order chi connectivity index (χ1) is 10.3. The van der Waals surface area contributed by atoms with Gasteiger partial charge in [-0.3, -0.25) is 11.3 Å². The van der Waals surface area contributed by atoms with Crippen molar-refractivity contribution in [3.05, 3.63) is 63.6 Å². The van der Waals surface area contributed by atoms with Gasteiger partial charge >= 0.3 is 0 Å². The van der Waals surface area contributed by atoms with Gasteiger partial charge in [0, 0.05) is 10.0 Å². The summed E-state index contributed by atoms with van der Waals surface area (Å²) in [6.45, 7) is 0.788. The molecule has 21 heavy (non-hydrogen) atoms. The van der Waals surface area contributed by atoms with E-state index in [1.807, 2.05) is 12.1 Å². The highest BCUT2D eigenvalue weighted by atomic mass is 79.9. The Kier molecular flexibility index (Phi) is 4.58. The van der Waals surface area contributed by atoms with E-state index in [9.17, 15) is 0 Å². The molecule has 0 amide bonds. The number of hydrogen-bond donors (Lipinski definition) is 2. The van der Waals surface area contributed by atoms with Crippen LogP contribution in [0.4, 0.5) is 0 Å². The minimum Gasteiger partial charge on any atom is -0.493 e. The Bertz CT molecular complexity index is 630. The van der Waals surface area contributed by atoms with Gasteiger partial charge in [-0.1, -0.05) is 52.3 Å². The van der Waals surface area contributed by atoms with Crippen LogP contribution >= 0.6 is 15.9 Å². The molecule has 0 spiro atoms. The minimum absolute atomic E-state index is 0.0387. The number of nitrogens with one attached hydrogen (secondary N) is 1. The van der Waals surface area contributed by atoms with Crippen LogP contribution in [0.1, 0.15) is 29.2 Å². The molecule has 0 saturated heterocycles. The van der Waals surface area contributed by atoms with Gasteiger partial charge in [-0.25, -0.2) is 0 Å². The number of fused-ring (bicyclic) bond motifs is 1. The highest BCUT2D eigenvalue weighted by Crippen LogP contribution is 2.34. The van der Waals surface area contributed by atoms with E-state index in [0.29, 0.717) is 0 Å². The molecule has 0 bridgehead atoms. The Morgan fingerprint density at radius 2 is 2.05 bits per heavy atom. The Hall–Kier alpha value is -1.36. The van der Waals surface area contributed by atoms with E-state index in [2.05, 4.69) is 51.7 Å². The van der Waals surface area contributed by atoms with Crippen LogP contribution in [0.15, 0.2) is 46.9 Å². The molecule has 1 heterocycles. The van der Waals surface area contributed by atoms with Crippen molar-refractivity contribution >= 4 is 15.9 Å². The third-order valence-corrected chi connectivity index (χ3v) is 4.70. The SMILES string of the molecule is NNC(Cc1ccccc1Br)c1cccc2c1OCCC2. The summed E-state index contributed by atoms with van der Waals surface area (Å²) in [5.74, 6) is 6.83. The number of para-hydroxylation sites is 1. The molecule has 110 valence electrons. The van der Waals surface area contributed by atoms with E-state index in [4.69, 9.17) is 10.6 Å². The molecular weight excluding hydrogens is 328 g/mol. The maximum Gasteiger partial charge on any atom is 0.127 e. The van der Waals surface area contributed by atoms with Crippen molar-refractivity contribution in [2.45, 2.75) is 25.3 Å². The van der Waals surface area contributed by atoms with Crippen LogP contribution in [-0.2, 0) is 12.8 Å². The maximum atomic E-state index is 5.90. The summed E-state index contributed by atoms with van der Waals surface area (Å²) in [7, 11) is 0. The quantitative estimate of drug-likeness (QED) is 0.657. The molecule has 3 N–H and O–H groups in total. The summed E-state index contributed by atoms with van der Waals surface area (Å²) in [4.78, 5) is 0. The second-order valence-corrected chi connectivity index (χ2v) is 6.16. The molecule has 3 nitrogen and oxygen atoms in total. The summed E-state index contributed by atoms with van der Waals surface area (Å²) in [6, 6.07) is 14.6. The Morgan fingerprint density at radius 3 is 2.86 bits per heavy atom. The minimum atomic E-state index is 0.0387. The van der Waals surface area contributed by atoms with E-state index in [-0.39, 0.29) is 6.04 Å². The lowest BCUT2D eigenvalue weighted by Gasteiger charge is -2.25. The zero-order valence-electron chi connectivity index (χ0n) is 11.8. The zero-order valence-corrected chi connectivity index (χ0v) is 13.4. The first-order valence-corrected chi connectivity index (χ1v) is 8.03. The van der Waals surface area contributed by atoms with E-state index >= 15 is 0 Å². The summed E-state index contributed by atoms with van der Waals surface area (Å²) >= 11 is 3.60. The molecule has 3 rings (SSSR count). The van der Waals surface area contributed by atoms with Gasteiger partial charge in [-0.15, -0.1) is 0 Å². The first kappa shape index (κ1) is 14.6. The predicted molar refractivity (Wildman–Crippen MR) is 88.2 cm³/mol. The number of hydrazine groups is 1. The van der Waals surface area contributed by atoms with Crippen LogP contribution < -0.4 is 16.0 Å². The van der Waals surface area contributed by atoms with Crippen molar-refractivity contribution in [3.8, 4) is 5.75 Å². The normalized spacial score (nSPS) is 15.1. The van der Waals surface area contributed by atoms with Gasteiger partial charge in [-0.2, -0.15) is 0 Å². The van der Waals surface area contributed by atoms with Crippen LogP contribution in [-0.4, -0.2) is 6.61 Å². The molecule has 2 aromatic carbocycles. The number of benzene rings is 2. The molecule has 0 aromatic heterocycles. The second-order valence-electron chi connectivity index (χ2n) is 5.30. The van der Waals surface area contributed by atoms with Crippen molar-refractivity contribution in [2.24, 2.45) is 5.84 Å². The van der Waals surface area contributed by atoms with E-state index in [0.717, 1.165) is 41.7 Å². The van der Waals surface area contributed by atoms with Crippen LogP contribution in [0, 0.1) is 0 Å². The van der Waals surface area contributed by atoms with Gasteiger partial charge in [0.25, 0.3) is 0 Å². The summed E-state index contributed by atoms with van der Waals surface area (Å²) in [5, 5.41) is 0. The molecule has 4 heteroatoms. The van der Waals surface area contributed by atoms with Gasteiger partial charge < -0.3 is 4.74 Å². The number of halogens is 1. The molecule has 1 unspecified atom stereocenters. The maximum absolute atomic E-state index is 5.90. The van der Waals surface area contributed by atoms with Gasteiger partial charge in [0.05, 0.1) is 12.6 Å². The third kappa shape index (κ3) is 3.12. The van der Waals surface area contributed by atoms with Crippen LogP contribution in [0.25, 0.3) is 0 Å². The third-order valence-electron chi connectivity index (χ3n) is 3.92. The Balaban J connectivity index is 1.92. The van der Waals surface area contributed by atoms with Crippen LogP contribution in [0.5, 0.6) is 5.75 Å². The monoisotopic (exact) mass is 346 g/mol. The second kappa shape index (κ2) is 6.60. The van der Waals surface area contributed by atoms with E-state index < -0.39 is 0 Å². The summed E-state index contributed by atoms with van der Waals surface area (Å²) in [5.41, 5.74) is 6.60. The lowest BCUT2D eigenvalue weighted by Crippen LogP contribution is -2.30. The molecule has 0 aliphatic carbocycles. The molecule has 1 atom stereocenters. The number of ether oxygens (including phenoxy) is 1. The van der Waals surface area contributed by atoms with Crippen molar-refractivity contribution < 1.29 is 4.74 Å². The van der Waals surface area contributed by atoms with Crippen molar-refractivity contribution in [2.75, 3.05) is 6.61 Å². The lowest BCUT2D eigenvalue weighted by atomic mass is 9.94. The van der Waals surface area contributed by atoms with Crippen LogP contribution in [0.3, 0.4) is 0 Å². The van der Waals surface area contributed by atoms with E-state index in [1.54, 1.807) is 0 Å². The fraction of sp³-hybridized carbons (Fsp3) is 0.294. The lowest BCUT2D eigenvalue weighted by molar-refractivity contribution is 0.281. The summed E-state index contributed by atoms with van der Waals surface area (Å²) < 4.78 is 7.01. The largest absolute Gasteiger partial charge is 0.493 e. The smallest absolute Gasteiger partial charge is 0.127 e. The highest BCUT2D eigenvalue weighted by molar-refractivity contribution is 9.10.